The second-order valence-electron chi connectivity index (χ2n) is 3.73. The normalized spacial score (nSPS) is 10.1. The largest absolute Gasteiger partial charge is 0.493 e. The Balaban J connectivity index is 2.26. The summed E-state index contributed by atoms with van der Waals surface area (Å²) in [4.78, 5) is 10.1. The molecular weight excluding hydrogens is 268 g/mol. The zero-order chi connectivity index (χ0) is 11.8. The highest BCUT2D eigenvalue weighted by molar-refractivity contribution is 9.10. The summed E-state index contributed by atoms with van der Waals surface area (Å²) in [5.41, 5.74) is 1.13. The Labute approximate surface area is 105 Å². The molecule has 0 saturated heterocycles. The van der Waals surface area contributed by atoms with Gasteiger partial charge in [-0.1, -0.05) is 22.0 Å². The standard InChI is InChI=1S/C13H17BrO2/c1-11-12(14)7-6-8-13(11)16-10-5-3-2-4-9-15/h6-9H,2-5,10H2,1H3. The van der Waals surface area contributed by atoms with E-state index in [0.29, 0.717) is 6.42 Å². The van der Waals surface area contributed by atoms with Gasteiger partial charge < -0.3 is 9.53 Å². The molecule has 0 aliphatic carbocycles. The molecule has 2 nitrogen and oxygen atoms in total. The molecule has 0 heterocycles. The third-order valence-corrected chi connectivity index (χ3v) is 3.30. The summed E-state index contributed by atoms with van der Waals surface area (Å²) in [6.07, 6.45) is 4.64. The molecule has 0 spiro atoms. The smallest absolute Gasteiger partial charge is 0.123 e. The van der Waals surface area contributed by atoms with Crippen molar-refractivity contribution in [2.24, 2.45) is 0 Å². The monoisotopic (exact) mass is 284 g/mol. The zero-order valence-electron chi connectivity index (χ0n) is 9.54. The fourth-order valence-corrected chi connectivity index (χ4v) is 1.78. The molecule has 0 amide bonds. The fourth-order valence-electron chi connectivity index (χ4n) is 1.43. The van der Waals surface area contributed by atoms with E-state index in [1.54, 1.807) is 0 Å². The van der Waals surface area contributed by atoms with Crippen LogP contribution in [0.25, 0.3) is 0 Å². The molecule has 88 valence electrons. The highest BCUT2D eigenvalue weighted by Gasteiger charge is 2.01. The fraction of sp³-hybridized carbons (Fsp3) is 0.462. The summed E-state index contributed by atoms with van der Waals surface area (Å²) in [5, 5.41) is 0. The van der Waals surface area contributed by atoms with Crippen LogP contribution in [-0.2, 0) is 4.79 Å². The lowest BCUT2D eigenvalue weighted by Crippen LogP contribution is -1.99. The van der Waals surface area contributed by atoms with Crippen molar-refractivity contribution in [3.05, 3.63) is 28.2 Å². The molecule has 3 heteroatoms. The lowest BCUT2D eigenvalue weighted by atomic mass is 10.2. The number of ether oxygens (including phenoxy) is 1. The first kappa shape index (κ1) is 13.2. The molecule has 16 heavy (non-hydrogen) atoms. The second-order valence-corrected chi connectivity index (χ2v) is 4.58. The Kier molecular flexibility index (Phi) is 6.16. The molecule has 0 aliphatic heterocycles. The highest BCUT2D eigenvalue weighted by atomic mass is 79.9. The Bertz CT molecular complexity index is 337. The van der Waals surface area contributed by atoms with Crippen molar-refractivity contribution in [2.45, 2.75) is 32.6 Å². The predicted octanol–water partition coefficient (Wildman–Crippen LogP) is 3.90. The van der Waals surface area contributed by atoms with E-state index in [1.807, 2.05) is 25.1 Å². The van der Waals surface area contributed by atoms with Gasteiger partial charge in [0.25, 0.3) is 0 Å². The van der Waals surface area contributed by atoms with E-state index in [4.69, 9.17) is 4.74 Å². The van der Waals surface area contributed by atoms with Crippen molar-refractivity contribution < 1.29 is 9.53 Å². The maximum atomic E-state index is 10.1. The van der Waals surface area contributed by atoms with Gasteiger partial charge in [0.2, 0.25) is 0 Å². The van der Waals surface area contributed by atoms with Crippen LogP contribution in [0.5, 0.6) is 5.75 Å². The van der Waals surface area contributed by atoms with E-state index in [-0.39, 0.29) is 0 Å². The van der Waals surface area contributed by atoms with E-state index in [1.165, 1.54) is 0 Å². The minimum absolute atomic E-state index is 0.663. The summed E-state index contributed by atoms with van der Waals surface area (Å²) in [5.74, 6) is 0.935. The van der Waals surface area contributed by atoms with Gasteiger partial charge in [-0.25, -0.2) is 0 Å². The van der Waals surface area contributed by atoms with Crippen LogP contribution in [0.2, 0.25) is 0 Å². The summed E-state index contributed by atoms with van der Waals surface area (Å²) < 4.78 is 6.75. The van der Waals surface area contributed by atoms with Crippen molar-refractivity contribution in [3.63, 3.8) is 0 Å². The van der Waals surface area contributed by atoms with Crippen LogP contribution < -0.4 is 4.74 Å². The topological polar surface area (TPSA) is 26.3 Å². The summed E-state index contributed by atoms with van der Waals surface area (Å²) in [7, 11) is 0. The van der Waals surface area contributed by atoms with Gasteiger partial charge in [-0.15, -0.1) is 0 Å². The molecule has 0 saturated carbocycles. The van der Waals surface area contributed by atoms with Crippen LogP contribution >= 0.6 is 15.9 Å². The number of carbonyl (C=O) groups is 1. The number of aldehydes is 1. The number of hydrogen-bond acceptors (Lipinski definition) is 2. The first-order chi connectivity index (χ1) is 7.75. The van der Waals surface area contributed by atoms with E-state index in [0.717, 1.165) is 47.9 Å². The Hall–Kier alpha value is -0.830. The number of halogens is 1. The summed E-state index contributed by atoms with van der Waals surface area (Å²) in [6.45, 7) is 2.75. The van der Waals surface area contributed by atoms with E-state index >= 15 is 0 Å². The van der Waals surface area contributed by atoms with Gasteiger partial charge in [-0.3, -0.25) is 0 Å². The van der Waals surface area contributed by atoms with Gasteiger partial charge >= 0.3 is 0 Å². The summed E-state index contributed by atoms with van der Waals surface area (Å²) in [6, 6.07) is 5.95. The average Bonchev–Trinajstić information content (AvgIpc) is 2.29. The molecule has 0 unspecified atom stereocenters. The average molecular weight is 285 g/mol. The van der Waals surface area contributed by atoms with Crippen molar-refractivity contribution in [1.29, 1.82) is 0 Å². The zero-order valence-corrected chi connectivity index (χ0v) is 11.1. The molecule has 1 aromatic carbocycles. The van der Waals surface area contributed by atoms with Crippen LogP contribution in [0, 0.1) is 6.92 Å². The molecule has 0 N–H and O–H groups in total. The quantitative estimate of drug-likeness (QED) is 0.561. The van der Waals surface area contributed by atoms with Gasteiger partial charge in [-0.05, 0) is 38.3 Å². The van der Waals surface area contributed by atoms with Crippen molar-refractivity contribution in [3.8, 4) is 5.75 Å². The van der Waals surface area contributed by atoms with Crippen LogP contribution in [0.4, 0.5) is 0 Å². The Morgan fingerprint density at radius 2 is 2.12 bits per heavy atom. The molecular formula is C13H17BrO2. The third kappa shape index (κ3) is 4.35. The number of carbonyl (C=O) groups excluding carboxylic acids is 1. The molecule has 1 aromatic rings. The minimum Gasteiger partial charge on any atom is -0.493 e. The SMILES string of the molecule is Cc1c(Br)cccc1OCCCCCC=O. The molecule has 0 fully saturated rings. The van der Waals surface area contributed by atoms with Crippen LogP contribution in [-0.4, -0.2) is 12.9 Å². The van der Waals surface area contributed by atoms with Gasteiger partial charge in [-0.2, -0.15) is 0 Å². The van der Waals surface area contributed by atoms with E-state index < -0.39 is 0 Å². The number of unbranched alkanes of at least 4 members (excludes halogenated alkanes) is 3. The number of rotatable bonds is 7. The van der Waals surface area contributed by atoms with Crippen LogP contribution in [0.15, 0.2) is 22.7 Å². The van der Waals surface area contributed by atoms with Crippen molar-refractivity contribution in [1.82, 2.24) is 0 Å². The molecule has 1 rings (SSSR count). The van der Waals surface area contributed by atoms with E-state index in [2.05, 4.69) is 15.9 Å². The van der Waals surface area contributed by atoms with Gasteiger partial charge in [0.05, 0.1) is 6.61 Å². The Morgan fingerprint density at radius 1 is 1.31 bits per heavy atom. The maximum Gasteiger partial charge on any atom is 0.123 e. The molecule has 0 aromatic heterocycles. The first-order valence-electron chi connectivity index (χ1n) is 5.57. The number of hydrogen-bond donors (Lipinski definition) is 0. The first-order valence-corrected chi connectivity index (χ1v) is 6.36. The predicted molar refractivity (Wildman–Crippen MR) is 68.9 cm³/mol. The number of benzene rings is 1. The lowest BCUT2D eigenvalue weighted by Gasteiger charge is -2.09. The third-order valence-electron chi connectivity index (χ3n) is 2.44. The highest BCUT2D eigenvalue weighted by Crippen LogP contribution is 2.25. The molecule has 0 atom stereocenters. The van der Waals surface area contributed by atoms with Gasteiger partial charge in [0.1, 0.15) is 12.0 Å². The maximum absolute atomic E-state index is 10.1. The Morgan fingerprint density at radius 3 is 2.88 bits per heavy atom. The van der Waals surface area contributed by atoms with Gasteiger partial charge in [0.15, 0.2) is 0 Å². The van der Waals surface area contributed by atoms with Crippen molar-refractivity contribution >= 4 is 22.2 Å². The molecule has 0 aliphatic rings. The van der Waals surface area contributed by atoms with Crippen LogP contribution in [0.3, 0.4) is 0 Å². The van der Waals surface area contributed by atoms with Gasteiger partial charge in [0, 0.05) is 16.5 Å². The van der Waals surface area contributed by atoms with E-state index in [9.17, 15) is 4.79 Å². The van der Waals surface area contributed by atoms with Crippen molar-refractivity contribution in [2.75, 3.05) is 6.61 Å². The summed E-state index contributed by atoms with van der Waals surface area (Å²) >= 11 is 3.47. The molecule has 0 bridgehead atoms. The minimum atomic E-state index is 0.663. The lowest BCUT2D eigenvalue weighted by molar-refractivity contribution is -0.107. The van der Waals surface area contributed by atoms with Crippen LogP contribution in [0.1, 0.15) is 31.2 Å². The second kappa shape index (κ2) is 7.44. The molecule has 0 radical (unpaired) electrons.